The number of benzene rings is 1. The minimum absolute atomic E-state index is 0.0332. The molecule has 114 valence electrons. The summed E-state index contributed by atoms with van der Waals surface area (Å²) in [4.78, 5) is 7.87. The fourth-order valence-corrected chi connectivity index (χ4v) is 3.27. The summed E-state index contributed by atoms with van der Waals surface area (Å²) in [5.41, 5.74) is 0.956. The van der Waals surface area contributed by atoms with Gasteiger partial charge in [0.1, 0.15) is 0 Å². The van der Waals surface area contributed by atoms with E-state index in [0.29, 0.717) is 11.7 Å². The van der Waals surface area contributed by atoms with Gasteiger partial charge in [0.15, 0.2) is 0 Å². The first-order valence-corrected chi connectivity index (χ1v) is 8.16. The van der Waals surface area contributed by atoms with E-state index in [1.54, 1.807) is 11.3 Å². The van der Waals surface area contributed by atoms with Crippen molar-refractivity contribution in [1.82, 2.24) is 15.0 Å². The Balaban J connectivity index is 1.72. The summed E-state index contributed by atoms with van der Waals surface area (Å²) in [6.07, 6.45) is 0. The minimum Gasteiger partial charge on any atom is -0.337 e. The Morgan fingerprint density at radius 2 is 2.00 bits per heavy atom. The molecule has 0 spiro atoms. The summed E-state index contributed by atoms with van der Waals surface area (Å²) in [5.74, 6) is 1.24. The second kappa shape index (κ2) is 6.60. The summed E-state index contributed by atoms with van der Waals surface area (Å²) in [6.45, 7) is 2.85. The number of halogens is 1. The molecule has 2 aromatic heterocycles. The lowest BCUT2D eigenvalue weighted by molar-refractivity contribution is 0.204. The molecule has 4 nitrogen and oxygen atoms in total. The van der Waals surface area contributed by atoms with Crippen LogP contribution in [-0.2, 0) is 6.54 Å². The number of aromatic nitrogens is 2. The van der Waals surface area contributed by atoms with Gasteiger partial charge in [-0.15, -0.1) is 11.3 Å². The molecule has 0 amide bonds. The third-order valence-electron chi connectivity index (χ3n) is 3.53. The van der Waals surface area contributed by atoms with Gasteiger partial charge in [-0.1, -0.05) is 47.1 Å². The first-order chi connectivity index (χ1) is 10.6. The third-order valence-corrected chi connectivity index (χ3v) is 4.74. The second-order valence-corrected chi connectivity index (χ2v) is 6.92. The van der Waals surface area contributed by atoms with Crippen molar-refractivity contribution in [2.24, 2.45) is 0 Å². The number of hydrogen-bond donors (Lipinski definition) is 0. The number of hydrogen-bond acceptors (Lipinski definition) is 5. The van der Waals surface area contributed by atoms with Crippen LogP contribution in [0.2, 0.25) is 4.34 Å². The molecule has 3 aromatic rings. The van der Waals surface area contributed by atoms with Crippen LogP contribution in [0.3, 0.4) is 0 Å². The standard InChI is InChI=1S/C16H16ClN3OS/c1-11(20(2)10-13-8-9-14(17)22-13)16-18-15(19-21-16)12-6-4-3-5-7-12/h3-9,11H,10H2,1-2H3. The Bertz CT molecular complexity index is 741. The summed E-state index contributed by atoms with van der Waals surface area (Å²) < 4.78 is 6.23. The van der Waals surface area contributed by atoms with Gasteiger partial charge in [0.05, 0.1) is 10.4 Å². The normalized spacial score (nSPS) is 12.7. The predicted octanol–water partition coefficient (Wildman–Crippen LogP) is 4.64. The molecule has 0 N–H and O–H groups in total. The topological polar surface area (TPSA) is 42.2 Å². The van der Waals surface area contributed by atoms with Crippen molar-refractivity contribution >= 4 is 22.9 Å². The van der Waals surface area contributed by atoms with E-state index < -0.39 is 0 Å². The van der Waals surface area contributed by atoms with Gasteiger partial charge >= 0.3 is 0 Å². The molecule has 0 aliphatic carbocycles. The molecule has 0 radical (unpaired) electrons. The van der Waals surface area contributed by atoms with Crippen LogP contribution in [0, 0.1) is 0 Å². The van der Waals surface area contributed by atoms with Crippen LogP contribution in [0.25, 0.3) is 11.4 Å². The third kappa shape index (κ3) is 3.38. The predicted molar refractivity (Wildman–Crippen MR) is 88.9 cm³/mol. The molecule has 0 saturated carbocycles. The fourth-order valence-electron chi connectivity index (χ4n) is 2.12. The quantitative estimate of drug-likeness (QED) is 0.682. The monoisotopic (exact) mass is 333 g/mol. The summed E-state index contributed by atoms with van der Waals surface area (Å²) in [5, 5.41) is 4.07. The molecule has 2 heterocycles. The van der Waals surface area contributed by atoms with E-state index in [2.05, 4.69) is 22.0 Å². The highest BCUT2D eigenvalue weighted by Gasteiger charge is 2.19. The maximum atomic E-state index is 5.97. The molecule has 0 fully saturated rings. The smallest absolute Gasteiger partial charge is 0.244 e. The Morgan fingerprint density at radius 1 is 1.23 bits per heavy atom. The Labute approximate surface area is 138 Å². The maximum absolute atomic E-state index is 5.97. The van der Waals surface area contributed by atoms with Gasteiger partial charge in [-0.25, -0.2) is 0 Å². The lowest BCUT2D eigenvalue weighted by Gasteiger charge is -2.20. The van der Waals surface area contributed by atoms with Crippen molar-refractivity contribution in [1.29, 1.82) is 0 Å². The zero-order valence-electron chi connectivity index (χ0n) is 12.4. The molecular formula is C16H16ClN3OS. The maximum Gasteiger partial charge on any atom is 0.244 e. The van der Waals surface area contributed by atoms with E-state index >= 15 is 0 Å². The van der Waals surface area contributed by atoms with Crippen LogP contribution in [0.1, 0.15) is 23.7 Å². The molecule has 1 unspecified atom stereocenters. The fraction of sp³-hybridized carbons (Fsp3) is 0.250. The van der Waals surface area contributed by atoms with E-state index in [1.807, 2.05) is 49.5 Å². The van der Waals surface area contributed by atoms with Crippen LogP contribution in [0.5, 0.6) is 0 Å². The molecule has 3 rings (SSSR count). The highest BCUT2D eigenvalue weighted by Crippen LogP contribution is 2.26. The highest BCUT2D eigenvalue weighted by atomic mass is 35.5. The molecular weight excluding hydrogens is 318 g/mol. The lowest BCUT2D eigenvalue weighted by atomic mass is 10.2. The van der Waals surface area contributed by atoms with Gasteiger partial charge < -0.3 is 4.52 Å². The van der Waals surface area contributed by atoms with Gasteiger partial charge in [0.25, 0.3) is 0 Å². The molecule has 0 bridgehead atoms. The molecule has 6 heteroatoms. The SMILES string of the molecule is CC(c1nc(-c2ccccc2)no1)N(C)Cc1ccc(Cl)s1. The van der Waals surface area contributed by atoms with E-state index in [9.17, 15) is 0 Å². The zero-order chi connectivity index (χ0) is 15.5. The summed E-state index contributed by atoms with van der Waals surface area (Å²) in [6, 6.07) is 13.8. The van der Waals surface area contributed by atoms with Crippen molar-refractivity contribution in [2.45, 2.75) is 19.5 Å². The number of rotatable bonds is 5. The van der Waals surface area contributed by atoms with Crippen LogP contribution < -0.4 is 0 Å². The molecule has 0 saturated heterocycles. The summed E-state index contributed by atoms with van der Waals surface area (Å²) in [7, 11) is 2.03. The minimum atomic E-state index is 0.0332. The van der Waals surface area contributed by atoms with Crippen LogP contribution in [-0.4, -0.2) is 22.1 Å². The van der Waals surface area contributed by atoms with Gasteiger partial charge in [-0.3, -0.25) is 4.90 Å². The van der Waals surface area contributed by atoms with Crippen molar-refractivity contribution in [3.8, 4) is 11.4 Å². The number of nitrogens with zero attached hydrogens (tertiary/aromatic N) is 3. The van der Waals surface area contributed by atoms with Crippen LogP contribution in [0.4, 0.5) is 0 Å². The van der Waals surface area contributed by atoms with Crippen molar-refractivity contribution in [2.75, 3.05) is 7.05 Å². The van der Waals surface area contributed by atoms with Gasteiger partial charge in [0, 0.05) is 17.0 Å². The van der Waals surface area contributed by atoms with Crippen LogP contribution in [0.15, 0.2) is 47.0 Å². The van der Waals surface area contributed by atoms with E-state index in [-0.39, 0.29) is 6.04 Å². The zero-order valence-corrected chi connectivity index (χ0v) is 13.9. The molecule has 0 aliphatic heterocycles. The van der Waals surface area contributed by atoms with E-state index in [4.69, 9.17) is 16.1 Å². The Kier molecular flexibility index (Phi) is 4.57. The van der Waals surface area contributed by atoms with Gasteiger partial charge in [-0.2, -0.15) is 4.98 Å². The Hall–Kier alpha value is -1.69. The lowest BCUT2D eigenvalue weighted by Crippen LogP contribution is -2.21. The van der Waals surface area contributed by atoms with Crippen molar-refractivity contribution in [3.05, 3.63) is 57.6 Å². The number of thiophene rings is 1. The first-order valence-electron chi connectivity index (χ1n) is 6.97. The average Bonchev–Trinajstić information content (AvgIpc) is 3.17. The van der Waals surface area contributed by atoms with Gasteiger partial charge in [0.2, 0.25) is 11.7 Å². The largest absolute Gasteiger partial charge is 0.337 e. The highest BCUT2D eigenvalue weighted by molar-refractivity contribution is 7.16. The molecule has 0 aliphatic rings. The summed E-state index contributed by atoms with van der Waals surface area (Å²) >= 11 is 7.56. The molecule has 1 aromatic carbocycles. The van der Waals surface area contributed by atoms with Crippen molar-refractivity contribution < 1.29 is 4.52 Å². The first kappa shape index (κ1) is 15.2. The average molecular weight is 334 g/mol. The Morgan fingerprint density at radius 3 is 2.68 bits per heavy atom. The van der Waals surface area contributed by atoms with Gasteiger partial charge in [-0.05, 0) is 26.1 Å². The van der Waals surface area contributed by atoms with E-state index in [1.165, 1.54) is 4.88 Å². The second-order valence-electron chi connectivity index (χ2n) is 5.12. The molecule has 1 atom stereocenters. The van der Waals surface area contributed by atoms with E-state index in [0.717, 1.165) is 16.4 Å². The van der Waals surface area contributed by atoms with Crippen molar-refractivity contribution in [3.63, 3.8) is 0 Å². The molecule has 22 heavy (non-hydrogen) atoms. The van der Waals surface area contributed by atoms with Crippen LogP contribution >= 0.6 is 22.9 Å².